The zero-order chi connectivity index (χ0) is 8.69. The number of hydrogen-bond donors (Lipinski definition) is 2. The molecule has 0 aliphatic rings. The van der Waals surface area contributed by atoms with Crippen molar-refractivity contribution < 1.29 is 9.53 Å². The van der Waals surface area contributed by atoms with E-state index >= 15 is 0 Å². The Morgan fingerprint density at radius 1 is 1.64 bits per heavy atom. The maximum atomic E-state index is 10.8. The van der Waals surface area contributed by atoms with Gasteiger partial charge in [-0.15, -0.1) is 0 Å². The van der Waals surface area contributed by atoms with Gasteiger partial charge in [0, 0.05) is 19.4 Å². The molecule has 0 fully saturated rings. The van der Waals surface area contributed by atoms with E-state index in [0.29, 0.717) is 18.8 Å². The van der Waals surface area contributed by atoms with Gasteiger partial charge in [0.05, 0.1) is 6.61 Å². The monoisotopic (exact) mass is 158 g/mol. The molecule has 2 amide bonds. The number of carbonyl (C=O) groups is 1. The maximum Gasteiger partial charge on any atom is 0.319 e. The molecular formula is C7H14N2O2. The highest BCUT2D eigenvalue weighted by atomic mass is 16.5. The van der Waals surface area contributed by atoms with Crippen LogP contribution >= 0.6 is 0 Å². The summed E-state index contributed by atoms with van der Waals surface area (Å²) in [5, 5.41) is 5.08. The standard InChI is InChI=1S/C7H14N2O2/c1-6(2)9-7(10)8-4-5-11-3/h1,4-5H2,2-3H3,(H2,8,9,10). The first kappa shape index (κ1) is 9.97. The maximum absolute atomic E-state index is 10.8. The lowest BCUT2D eigenvalue weighted by Crippen LogP contribution is -2.35. The molecular weight excluding hydrogens is 144 g/mol. The van der Waals surface area contributed by atoms with Crippen LogP contribution in [0.3, 0.4) is 0 Å². The number of amides is 2. The number of hydrogen-bond acceptors (Lipinski definition) is 2. The van der Waals surface area contributed by atoms with Gasteiger partial charge >= 0.3 is 6.03 Å². The first-order valence-electron chi connectivity index (χ1n) is 3.36. The largest absolute Gasteiger partial charge is 0.383 e. The Bertz CT molecular complexity index is 145. The summed E-state index contributed by atoms with van der Waals surface area (Å²) < 4.78 is 4.73. The van der Waals surface area contributed by atoms with Crippen LogP contribution in [0.25, 0.3) is 0 Å². The second kappa shape index (κ2) is 5.73. The molecule has 0 heterocycles. The lowest BCUT2D eigenvalue weighted by Gasteiger charge is -2.05. The number of allylic oxidation sites excluding steroid dienone is 1. The van der Waals surface area contributed by atoms with Gasteiger partial charge in [0.25, 0.3) is 0 Å². The van der Waals surface area contributed by atoms with Crippen molar-refractivity contribution >= 4 is 6.03 Å². The molecule has 0 saturated heterocycles. The Labute approximate surface area is 66.6 Å². The van der Waals surface area contributed by atoms with Crippen LogP contribution in [0.1, 0.15) is 6.92 Å². The van der Waals surface area contributed by atoms with E-state index in [-0.39, 0.29) is 6.03 Å². The van der Waals surface area contributed by atoms with E-state index in [9.17, 15) is 4.79 Å². The molecule has 0 bridgehead atoms. The molecule has 0 atom stereocenters. The minimum absolute atomic E-state index is 0.241. The third-order valence-corrected chi connectivity index (χ3v) is 0.919. The van der Waals surface area contributed by atoms with Gasteiger partial charge in [0.1, 0.15) is 0 Å². The van der Waals surface area contributed by atoms with Crippen LogP contribution in [0.5, 0.6) is 0 Å². The van der Waals surface area contributed by atoms with Crippen LogP contribution in [-0.2, 0) is 4.74 Å². The fourth-order valence-electron chi connectivity index (χ4n) is 0.505. The molecule has 0 aliphatic carbocycles. The average molecular weight is 158 g/mol. The summed E-state index contributed by atoms with van der Waals surface area (Å²) >= 11 is 0. The number of ether oxygens (including phenoxy) is 1. The SMILES string of the molecule is C=C(C)NC(=O)NCCOC. The van der Waals surface area contributed by atoms with Crippen molar-refractivity contribution in [2.75, 3.05) is 20.3 Å². The summed E-state index contributed by atoms with van der Waals surface area (Å²) in [6, 6.07) is -0.241. The van der Waals surface area contributed by atoms with E-state index < -0.39 is 0 Å². The van der Waals surface area contributed by atoms with Crippen LogP contribution in [0.4, 0.5) is 4.79 Å². The van der Waals surface area contributed by atoms with Crippen molar-refractivity contribution in [1.29, 1.82) is 0 Å². The number of carbonyl (C=O) groups excluding carboxylic acids is 1. The summed E-state index contributed by atoms with van der Waals surface area (Å²) in [4.78, 5) is 10.8. The summed E-state index contributed by atoms with van der Waals surface area (Å²) in [6.45, 7) is 6.27. The minimum atomic E-state index is -0.241. The Balaban J connectivity index is 3.30. The summed E-state index contributed by atoms with van der Waals surface area (Å²) in [7, 11) is 1.58. The van der Waals surface area contributed by atoms with E-state index in [1.807, 2.05) is 0 Å². The van der Waals surface area contributed by atoms with Crippen molar-refractivity contribution in [3.05, 3.63) is 12.3 Å². The topological polar surface area (TPSA) is 50.4 Å². The Kier molecular flexibility index (Phi) is 5.20. The molecule has 64 valence electrons. The first-order chi connectivity index (χ1) is 5.16. The molecule has 4 heteroatoms. The fourth-order valence-corrected chi connectivity index (χ4v) is 0.505. The lowest BCUT2D eigenvalue weighted by molar-refractivity contribution is 0.196. The highest BCUT2D eigenvalue weighted by Crippen LogP contribution is 1.77. The van der Waals surface area contributed by atoms with Gasteiger partial charge in [0.2, 0.25) is 0 Å². The van der Waals surface area contributed by atoms with Gasteiger partial charge in [0.15, 0.2) is 0 Å². The van der Waals surface area contributed by atoms with E-state index in [4.69, 9.17) is 4.74 Å². The molecule has 0 radical (unpaired) electrons. The highest BCUT2D eigenvalue weighted by molar-refractivity contribution is 5.75. The Hall–Kier alpha value is -1.03. The molecule has 0 aromatic rings. The summed E-state index contributed by atoms with van der Waals surface area (Å²) in [5.41, 5.74) is 0.625. The quantitative estimate of drug-likeness (QED) is 0.584. The molecule has 2 N–H and O–H groups in total. The smallest absolute Gasteiger partial charge is 0.319 e. The van der Waals surface area contributed by atoms with Crippen LogP contribution < -0.4 is 10.6 Å². The van der Waals surface area contributed by atoms with Crippen LogP contribution in [0.2, 0.25) is 0 Å². The lowest BCUT2D eigenvalue weighted by atomic mass is 10.5. The zero-order valence-electron chi connectivity index (χ0n) is 6.94. The van der Waals surface area contributed by atoms with Crippen LogP contribution in [0, 0.1) is 0 Å². The summed E-state index contributed by atoms with van der Waals surface area (Å²) in [6.07, 6.45) is 0. The Morgan fingerprint density at radius 2 is 2.27 bits per heavy atom. The molecule has 0 aromatic heterocycles. The van der Waals surface area contributed by atoms with Gasteiger partial charge < -0.3 is 15.4 Å². The molecule has 0 spiro atoms. The third-order valence-electron chi connectivity index (χ3n) is 0.919. The van der Waals surface area contributed by atoms with Gasteiger partial charge in [-0.3, -0.25) is 0 Å². The van der Waals surface area contributed by atoms with Crippen molar-refractivity contribution in [3.8, 4) is 0 Å². The van der Waals surface area contributed by atoms with Crippen LogP contribution in [-0.4, -0.2) is 26.3 Å². The van der Waals surface area contributed by atoms with Crippen molar-refractivity contribution in [2.45, 2.75) is 6.92 Å². The molecule has 0 saturated carbocycles. The predicted molar refractivity (Wildman–Crippen MR) is 43.2 cm³/mol. The van der Waals surface area contributed by atoms with Gasteiger partial charge in [-0.1, -0.05) is 6.58 Å². The van der Waals surface area contributed by atoms with E-state index in [0.717, 1.165) is 0 Å². The van der Waals surface area contributed by atoms with Crippen molar-refractivity contribution in [1.82, 2.24) is 10.6 Å². The van der Waals surface area contributed by atoms with Gasteiger partial charge in [-0.25, -0.2) is 4.79 Å². The second-order valence-electron chi connectivity index (χ2n) is 2.15. The highest BCUT2D eigenvalue weighted by Gasteiger charge is 1.96. The number of methoxy groups -OCH3 is 1. The van der Waals surface area contributed by atoms with E-state index in [1.54, 1.807) is 14.0 Å². The molecule has 4 nitrogen and oxygen atoms in total. The average Bonchev–Trinajstić information content (AvgIpc) is 1.86. The van der Waals surface area contributed by atoms with Crippen molar-refractivity contribution in [3.63, 3.8) is 0 Å². The Morgan fingerprint density at radius 3 is 2.73 bits per heavy atom. The predicted octanol–water partition coefficient (Wildman–Crippen LogP) is 0.466. The van der Waals surface area contributed by atoms with Crippen molar-refractivity contribution in [2.24, 2.45) is 0 Å². The second-order valence-corrected chi connectivity index (χ2v) is 2.15. The van der Waals surface area contributed by atoms with Gasteiger partial charge in [-0.2, -0.15) is 0 Å². The van der Waals surface area contributed by atoms with Crippen LogP contribution in [0.15, 0.2) is 12.3 Å². The summed E-state index contributed by atoms with van der Waals surface area (Å²) in [5.74, 6) is 0. The molecule has 0 unspecified atom stereocenters. The first-order valence-corrected chi connectivity index (χ1v) is 3.36. The zero-order valence-corrected chi connectivity index (χ0v) is 6.94. The molecule has 11 heavy (non-hydrogen) atoms. The number of rotatable bonds is 4. The molecule has 0 rings (SSSR count). The number of urea groups is 1. The van der Waals surface area contributed by atoms with Gasteiger partial charge in [-0.05, 0) is 6.92 Å². The molecule has 0 aromatic carbocycles. The van der Waals surface area contributed by atoms with E-state index in [1.165, 1.54) is 0 Å². The minimum Gasteiger partial charge on any atom is -0.383 e. The fraction of sp³-hybridized carbons (Fsp3) is 0.571. The number of nitrogens with one attached hydrogen (secondary N) is 2. The molecule has 0 aliphatic heterocycles. The third kappa shape index (κ3) is 6.86. The van der Waals surface area contributed by atoms with E-state index in [2.05, 4.69) is 17.2 Å². The normalized spacial score (nSPS) is 8.91.